The molecule has 0 atom stereocenters. The van der Waals surface area contributed by atoms with E-state index in [2.05, 4.69) is 10.4 Å². The summed E-state index contributed by atoms with van der Waals surface area (Å²) in [4.78, 5) is 22.9. The topological polar surface area (TPSA) is 84.2 Å². The SMILES string of the molecule is Cn1cc(C(=O)O)c(C(=O)Nc2ccccc2)n1. The van der Waals surface area contributed by atoms with Crippen molar-refractivity contribution in [3.8, 4) is 0 Å². The molecule has 92 valence electrons. The first-order chi connectivity index (χ1) is 8.58. The first-order valence-electron chi connectivity index (χ1n) is 5.21. The number of nitrogens with zero attached hydrogens (tertiary/aromatic N) is 2. The highest BCUT2D eigenvalue weighted by Gasteiger charge is 2.20. The molecule has 18 heavy (non-hydrogen) atoms. The fraction of sp³-hybridized carbons (Fsp3) is 0.0833. The number of aromatic carboxylic acids is 1. The molecule has 2 rings (SSSR count). The molecule has 0 aliphatic carbocycles. The van der Waals surface area contributed by atoms with Crippen molar-refractivity contribution in [2.75, 3.05) is 5.32 Å². The maximum atomic E-state index is 11.9. The average Bonchev–Trinajstić information content (AvgIpc) is 2.73. The zero-order valence-electron chi connectivity index (χ0n) is 9.62. The van der Waals surface area contributed by atoms with E-state index in [-0.39, 0.29) is 11.3 Å². The molecule has 0 radical (unpaired) electrons. The zero-order valence-corrected chi connectivity index (χ0v) is 9.62. The summed E-state index contributed by atoms with van der Waals surface area (Å²) in [6.07, 6.45) is 1.29. The maximum Gasteiger partial charge on any atom is 0.339 e. The molecule has 0 saturated heterocycles. The van der Waals surface area contributed by atoms with Gasteiger partial charge in [0.25, 0.3) is 5.91 Å². The average molecular weight is 245 g/mol. The Kier molecular flexibility index (Phi) is 3.09. The third-order valence-electron chi connectivity index (χ3n) is 2.31. The van der Waals surface area contributed by atoms with Gasteiger partial charge in [0, 0.05) is 18.9 Å². The fourth-order valence-electron chi connectivity index (χ4n) is 1.52. The number of aromatic nitrogens is 2. The third kappa shape index (κ3) is 2.37. The monoisotopic (exact) mass is 245 g/mol. The Morgan fingerprint density at radius 3 is 2.56 bits per heavy atom. The first kappa shape index (κ1) is 11.8. The summed E-state index contributed by atoms with van der Waals surface area (Å²) in [6, 6.07) is 8.78. The Bertz CT molecular complexity index is 590. The molecular weight excluding hydrogens is 234 g/mol. The standard InChI is InChI=1S/C12H11N3O3/c1-15-7-9(12(17)18)10(14-15)11(16)13-8-5-3-2-4-6-8/h2-7H,1H3,(H,13,16)(H,17,18). The molecule has 1 heterocycles. The van der Waals surface area contributed by atoms with E-state index in [1.807, 2.05) is 6.07 Å². The van der Waals surface area contributed by atoms with E-state index >= 15 is 0 Å². The highest BCUT2D eigenvalue weighted by Crippen LogP contribution is 2.11. The molecule has 6 heteroatoms. The number of rotatable bonds is 3. The van der Waals surface area contributed by atoms with E-state index in [9.17, 15) is 9.59 Å². The van der Waals surface area contributed by atoms with E-state index in [1.165, 1.54) is 10.9 Å². The summed E-state index contributed by atoms with van der Waals surface area (Å²) >= 11 is 0. The molecule has 6 nitrogen and oxygen atoms in total. The van der Waals surface area contributed by atoms with Crippen molar-refractivity contribution in [2.24, 2.45) is 7.05 Å². The van der Waals surface area contributed by atoms with Crippen LogP contribution < -0.4 is 5.32 Å². The van der Waals surface area contributed by atoms with E-state index in [4.69, 9.17) is 5.11 Å². The molecule has 0 bridgehead atoms. The molecule has 0 saturated carbocycles. The number of carboxylic acids is 1. The highest BCUT2D eigenvalue weighted by molar-refractivity contribution is 6.09. The Hall–Kier alpha value is -2.63. The second kappa shape index (κ2) is 4.70. The van der Waals surface area contributed by atoms with Crippen LogP contribution in [-0.4, -0.2) is 26.8 Å². The van der Waals surface area contributed by atoms with Gasteiger partial charge in [-0.1, -0.05) is 18.2 Å². The number of amides is 1. The van der Waals surface area contributed by atoms with Crippen LogP contribution in [0, 0.1) is 0 Å². The number of para-hydroxylation sites is 1. The van der Waals surface area contributed by atoms with Gasteiger partial charge in [0.05, 0.1) is 0 Å². The number of carbonyl (C=O) groups excluding carboxylic acids is 1. The summed E-state index contributed by atoms with van der Waals surface area (Å²) in [6.45, 7) is 0. The predicted molar refractivity (Wildman–Crippen MR) is 64.6 cm³/mol. The molecule has 1 aromatic heterocycles. The lowest BCUT2D eigenvalue weighted by molar-refractivity contribution is 0.0692. The summed E-state index contributed by atoms with van der Waals surface area (Å²) in [5.74, 6) is -1.72. The van der Waals surface area contributed by atoms with Crippen molar-refractivity contribution in [3.05, 3.63) is 47.8 Å². The molecule has 0 unspecified atom stereocenters. The number of hydrogen-bond acceptors (Lipinski definition) is 3. The van der Waals surface area contributed by atoms with Crippen molar-refractivity contribution in [1.82, 2.24) is 9.78 Å². The summed E-state index contributed by atoms with van der Waals surface area (Å²) in [5.41, 5.74) is 0.365. The number of carbonyl (C=O) groups is 2. The number of benzene rings is 1. The quantitative estimate of drug-likeness (QED) is 0.855. The molecule has 0 aliphatic heterocycles. The van der Waals surface area contributed by atoms with Crippen LogP contribution in [0.25, 0.3) is 0 Å². The highest BCUT2D eigenvalue weighted by atomic mass is 16.4. The smallest absolute Gasteiger partial charge is 0.339 e. The lowest BCUT2D eigenvalue weighted by Crippen LogP contribution is -2.16. The second-order valence-electron chi connectivity index (χ2n) is 3.69. The van der Waals surface area contributed by atoms with Crippen molar-refractivity contribution in [2.45, 2.75) is 0 Å². The van der Waals surface area contributed by atoms with Crippen LogP contribution in [0.2, 0.25) is 0 Å². The molecule has 0 fully saturated rings. The van der Waals surface area contributed by atoms with Gasteiger partial charge in [0.2, 0.25) is 0 Å². The molecule has 0 aliphatic rings. The molecule has 2 N–H and O–H groups in total. The minimum Gasteiger partial charge on any atom is -0.478 e. The predicted octanol–water partition coefficient (Wildman–Crippen LogP) is 1.37. The van der Waals surface area contributed by atoms with Crippen LogP contribution in [0.4, 0.5) is 5.69 Å². The number of hydrogen-bond donors (Lipinski definition) is 2. The number of anilines is 1. The Balaban J connectivity index is 2.27. The Labute approximate surface area is 103 Å². The lowest BCUT2D eigenvalue weighted by Gasteiger charge is -2.02. The van der Waals surface area contributed by atoms with Crippen molar-refractivity contribution < 1.29 is 14.7 Å². The fourth-order valence-corrected chi connectivity index (χ4v) is 1.52. The van der Waals surface area contributed by atoms with Crippen LogP contribution in [-0.2, 0) is 7.05 Å². The number of aryl methyl sites for hydroxylation is 1. The van der Waals surface area contributed by atoms with Crippen molar-refractivity contribution >= 4 is 17.6 Å². The van der Waals surface area contributed by atoms with Crippen molar-refractivity contribution in [3.63, 3.8) is 0 Å². The molecule has 0 spiro atoms. The van der Waals surface area contributed by atoms with Gasteiger partial charge >= 0.3 is 5.97 Å². The van der Waals surface area contributed by atoms with E-state index < -0.39 is 11.9 Å². The Morgan fingerprint density at radius 2 is 1.94 bits per heavy atom. The van der Waals surface area contributed by atoms with Crippen LogP contribution in [0.5, 0.6) is 0 Å². The van der Waals surface area contributed by atoms with Gasteiger partial charge < -0.3 is 10.4 Å². The Morgan fingerprint density at radius 1 is 1.28 bits per heavy atom. The minimum atomic E-state index is -1.18. The minimum absolute atomic E-state index is 0.103. The van der Waals surface area contributed by atoms with Crippen molar-refractivity contribution in [1.29, 1.82) is 0 Å². The van der Waals surface area contributed by atoms with Gasteiger partial charge in [-0.05, 0) is 12.1 Å². The molecule has 2 aromatic rings. The molecule has 1 aromatic carbocycles. The summed E-state index contributed by atoms with van der Waals surface area (Å²) in [5, 5.41) is 15.4. The summed E-state index contributed by atoms with van der Waals surface area (Å²) in [7, 11) is 1.56. The normalized spacial score (nSPS) is 10.1. The second-order valence-corrected chi connectivity index (χ2v) is 3.69. The van der Waals surface area contributed by atoms with Gasteiger partial charge in [-0.25, -0.2) is 4.79 Å². The van der Waals surface area contributed by atoms with E-state index in [0.717, 1.165) is 0 Å². The molecule has 1 amide bonds. The number of nitrogens with one attached hydrogen (secondary N) is 1. The van der Waals surface area contributed by atoms with Crippen LogP contribution in [0.3, 0.4) is 0 Å². The van der Waals surface area contributed by atoms with Gasteiger partial charge in [0.15, 0.2) is 5.69 Å². The van der Waals surface area contributed by atoms with Gasteiger partial charge in [-0.2, -0.15) is 5.10 Å². The number of carboxylic acid groups (broad SMARTS) is 1. The van der Waals surface area contributed by atoms with E-state index in [1.54, 1.807) is 31.3 Å². The zero-order chi connectivity index (χ0) is 13.1. The summed E-state index contributed by atoms with van der Waals surface area (Å²) < 4.78 is 1.30. The van der Waals surface area contributed by atoms with Gasteiger partial charge in [-0.3, -0.25) is 9.48 Å². The van der Waals surface area contributed by atoms with Crippen LogP contribution in [0.1, 0.15) is 20.8 Å². The molecular formula is C12H11N3O3. The maximum absolute atomic E-state index is 11.9. The first-order valence-corrected chi connectivity index (χ1v) is 5.21. The lowest BCUT2D eigenvalue weighted by atomic mass is 10.2. The van der Waals surface area contributed by atoms with Crippen LogP contribution >= 0.6 is 0 Å². The largest absolute Gasteiger partial charge is 0.478 e. The van der Waals surface area contributed by atoms with Gasteiger partial charge in [-0.15, -0.1) is 0 Å². The third-order valence-corrected chi connectivity index (χ3v) is 2.31. The van der Waals surface area contributed by atoms with Gasteiger partial charge in [0.1, 0.15) is 5.56 Å². The van der Waals surface area contributed by atoms with E-state index in [0.29, 0.717) is 5.69 Å². The van der Waals surface area contributed by atoms with Crippen LogP contribution in [0.15, 0.2) is 36.5 Å².